The van der Waals surface area contributed by atoms with E-state index in [1.54, 1.807) is 13.8 Å². The standard InChI is InChI=1S/C9H15NO5/c1-9(2)14-4-5(7(10)11)13-8(12-3)6(4)15-9/h4-6,8H,1-3H3,(H2,10,11)/t4-,5+,6-,8?/m1/s1. The second kappa shape index (κ2) is 3.41. The van der Waals surface area contributed by atoms with Crippen LogP contribution in [0.3, 0.4) is 0 Å². The van der Waals surface area contributed by atoms with Crippen molar-refractivity contribution >= 4 is 5.91 Å². The number of fused-ring (bicyclic) bond motifs is 1. The first kappa shape index (κ1) is 10.8. The van der Waals surface area contributed by atoms with E-state index in [1.165, 1.54) is 7.11 Å². The van der Waals surface area contributed by atoms with Crippen LogP contribution < -0.4 is 5.73 Å². The molecule has 6 heteroatoms. The molecule has 1 unspecified atom stereocenters. The number of rotatable bonds is 2. The summed E-state index contributed by atoms with van der Waals surface area (Å²) in [7, 11) is 1.49. The summed E-state index contributed by atoms with van der Waals surface area (Å²) in [5, 5.41) is 0. The van der Waals surface area contributed by atoms with Crippen molar-refractivity contribution in [2.24, 2.45) is 5.73 Å². The number of methoxy groups -OCH3 is 1. The van der Waals surface area contributed by atoms with Crippen LogP contribution in [0.15, 0.2) is 0 Å². The second-order valence-electron chi connectivity index (χ2n) is 4.13. The number of nitrogens with two attached hydrogens (primary N) is 1. The minimum atomic E-state index is -0.804. The van der Waals surface area contributed by atoms with Gasteiger partial charge in [0.25, 0.3) is 0 Å². The van der Waals surface area contributed by atoms with Gasteiger partial charge >= 0.3 is 0 Å². The monoisotopic (exact) mass is 217 g/mol. The fraction of sp³-hybridized carbons (Fsp3) is 0.889. The van der Waals surface area contributed by atoms with Gasteiger partial charge in [-0.15, -0.1) is 0 Å². The Kier molecular flexibility index (Phi) is 2.46. The van der Waals surface area contributed by atoms with Crippen molar-refractivity contribution in [2.45, 2.75) is 44.2 Å². The highest BCUT2D eigenvalue weighted by Crippen LogP contribution is 2.38. The van der Waals surface area contributed by atoms with Crippen LogP contribution in [-0.4, -0.2) is 43.4 Å². The minimum Gasteiger partial charge on any atom is -0.367 e. The summed E-state index contributed by atoms with van der Waals surface area (Å²) in [4.78, 5) is 11.1. The van der Waals surface area contributed by atoms with E-state index in [-0.39, 0.29) is 0 Å². The molecule has 0 aromatic carbocycles. The third kappa shape index (κ3) is 1.74. The first-order valence-corrected chi connectivity index (χ1v) is 4.78. The Bertz CT molecular complexity index is 280. The molecular weight excluding hydrogens is 202 g/mol. The molecule has 0 radical (unpaired) electrons. The number of primary amides is 1. The maximum atomic E-state index is 11.1. The first-order chi connectivity index (χ1) is 6.94. The van der Waals surface area contributed by atoms with Crippen LogP contribution in [0.5, 0.6) is 0 Å². The van der Waals surface area contributed by atoms with Crippen molar-refractivity contribution in [1.82, 2.24) is 0 Å². The lowest BCUT2D eigenvalue weighted by Crippen LogP contribution is -2.39. The third-order valence-electron chi connectivity index (χ3n) is 2.52. The molecule has 2 rings (SSSR count). The molecule has 2 saturated heterocycles. The number of hydrogen-bond donors (Lipinski definition) is 1. The molecule has 0 bridgehead atoms. The summed E-state index contributed by atoms with van der Waals surface area (Å²) < 4.78 is 21.5. The Morgan fingerprint density at radius 1 is 1.33 bits per heavy atom. The van der Waals surface area contributed by atoms with Gasteiger partial charge < -0.3 is 24.7 Å². The zero-order valence-electron chi connectivity index (χ0n) is 8.93. The van der Waals surface area contributed by atoms with Crippen molar-refractivity contribution in [3.05, 3.63) is 0 Å². The maximum Gasteiger partial charge on any atom is 0.249 e. The van der Waals surface area contributed by atoms with Crippen molar-refractivity contribution in [3.8, 4) is 0 Å². The van der Waals surface area contributed by atoms with E-state index in [0.717, 1.165) is 0 Å². The molecule has 2 N–H and O–H groups in total. The summed E-state index contributed by atoms with van der Waals surface area (Å²) in [6.07, 6.45) is -2.29. The summed E-state index contributed by atoms with van der Waals surface area (Å²) in [6.45, 7) is 3.55. The summed E-state index contributed by atoms with van der Waals surface area (Å²) in [5.41, 5.74) is 5.20. The van der Waals surface area contributed by atoms with Crippen molar-refractivity contribution < 1.29 is 23.7 Å². The van der Waals surface area contributed by atoms with Gasteiger partial charge in [-0.2, -0.15) is 0 Å². The third-order valence-corrected chi connectivity index (χ3v) is 2.52. The Hall–Kier alpha value is -0.690. The zero-order chi connectivity index (χ0) is 11.2. The predicted octanol–water partition coefficient (Wildman–Crippen LogP) is -0.637. The molecule has 0 saturated carbocycles. The number of carbonyl (C=O) groups is 1. The van der Waals surface area contributed by atoms with Gasteiger partial charge in [0.05, 0.1) is 0 Å². The lowest BCUT2D eigenvalue weighted by atomic mass is 10.1. The van der Waals surface area contributed by atoms with E-state index >= 15 is 0 Å². The molecule has 6 nitrogen and oxygen atoms in total. The van der Waals surface area contributed by atoms with Gasteiger partial charge in [-0.25, -0.2) is 0 Å². The van der Waals surface area contributed by atoms with Crippen LogP contribution in [0.4, 0.5) is 0 Å². The van der Waals surface area contributed by atoms with E-state index in [9.17, 15) is 4.79 Å². The SMILES string of the molecule is COC1O[C@H](C(N)=O)[C@H]2OC(C)(C)O[C@@H]12. The van der Waals surface area contributed by atoms with Crippen LogP contribution in [0.1, 0.15) is 13.8 Å². The van der Waals surface area contributed by atoms with E-state index < -0.39 is 36.3 Å². The number of amides is 1. The summed E-state index contributed by atoms with van der Waals surface area (Å²) in [6, 6.07) is 0. The number of hydrogen-bond acceptors (Lipinski definition) is 5. The number of ether oxygens (including phenoxy) is 4. The topological polar surface area (TPSA) is 80.0 Å². The van der Waals surface area contributed by atoms with Crippen molar-refractivity contribution in [2.75, 3.05) is 7.11 Å². The van der Waals surface area contributed by atoms with Gasteiger partial charge in [-0.3, -0.25) is 4.79 Å². The molecule has 2 aliphatic heterocycles. The highest BCUT2D eigenvalue weighted by atomic mass is 16.8. The highest BCUT2D eigenvalue weighted by molar-refractivity contribution is 5.80. The van der Waals surface area contributed by atoms with Gasteiger partial charge in [0, 0.05) is 7.11 Å². The average Bonchev–Trinajstić information content (AvgIpc) is 2.57. The van der Waals surface area contributed by atoms with Crippen LogP contribution in [0, 0.1) is 0 Å². The number of carbonyl (C=O) groups excluding carboxylic acids is 1. The van der Waals surface area contributed by atoms with E-state index in [4.69, 9.17) is 24.7 Å². The normalized spacial score (nSPS) is 42.9. The Labute approximate surface area is 87.6 Å². The molecule has 15 heavy (non-hydrogen) atoms. The molecule has 86 valence electrons. The lowest BCUT2D eigenvalue weighted by Gasteiger charge is -2.22. The Morgan fingerprint density at radius 3 is 2.47 bits per heavy atom. The van der Waals surface area contributed by atoms with Crippen LogP contribution in [-0.2, 0) is 23.7 Å². The molecular formula is C9H15NO5. The minimum absolute atomic E-state index is 0.400. The Balaban J connectivity index is 2.19. The van der Waals surface area contributed by atoms with Gasteiger partial charge in [-0.1, -0.05) is 0 Å². The van der Waals surface area contributed by atoms with Crippen LogP contribution in [0.2, 0.25) is 0 Å². The molecule has 1 amide bonds. The van der Waals surface area contributed by atoms with Crippen molar-refractivity contribution in [3.63, 3.8) is 0 Å². The smallest absolute Gasteiger partial charge is 0.249 e. The van der Waals surface area contributed by atoms with Gasteiger partial charge in [0.2, 0.25) is 5.91 Å². The molecule has 0 aromatic rings. The van der Waals surface area contributed by atoms with Gasteiger partial charge in [0.1, 0.15) is 12.2 Å². The van der Waals surface area contributed by atoms with Gasteiger partial charge in [-0.05, 0) is 13.8 Å². The first-order valence-electron chi connectivity index (χ1n) is 4.78. The fourth-order valence-corrected chi connectivity index (χ4v) is 1.98. The highest BCUT2D eigenvalue weighted by Gasteiger charge is 2.57. The van der Waals surface area contributed by atoms with Crippen LogP contribution >= 0.6 is 0 Å². The quantitative estimate of drug-likeness (QED) is 0.665. The molecule has 0 spiro atoms. The molecule has 4 atom stereocenters. The predicted molar refractivity (Wildman–Crippen MR) is 48.7 cm³/mol. The van der Waals surface area contributed by atoms with Crippen molar-refractivity contribution in [1.29, 1.82) is 0 Å². The Morgan fingerprint density at radius 2 is 1.93 bits per heavy atom. The van der Waals surface area contributed by atoms with Gasteiger partial charge in [0.15, 0.2) is 18.2 Å². The summed E-state index contributed by atoms with van der Waals surface area (Å²) in [5.74, 6) is -1.30. The molecule has 0 aliphatic carbocycles. The average molecular weight is 217 g/mol. The zero-order valence-corrected chi connectivity index (χ0v) is 8.93. The van der Waals surface area contributed by atoms with Crippen LogP contribution in [0.25, 0.3) is 0 Å². The van der Waals surface area contributed by atoms with E-state index in [1.807, 2.05) is 0 Å². The fourth-order valence-electron chi connectivity index (χ4n) is 1.98. The maximum absolute atomic E-state index is 11.1. The molecule has 0 aromatic heterocycles. The van der Waals surface area contributed by atoms with E-state index in [0.29, 0.717) is 0 Å². The van der Waals surface area contributed by atoms with E-state index in [2.05, 4.69) is 0 Å². The second-order valence-corrected chi connectivity index (χ2v) is 4.13. The molecule has 2 heterocycles. The molecule has 2 fully saturated rings. The lowest BCUT2D eigenvalue weighted by molar-refractivity contribution is -0.225. The molecule has 2 aliphatic rings. The largest absolute Gasteiger partial charge is 0.367 e. The summed E-state index contributed by atoms with van der Waals surface area (Å²) >= 11 is 0.